The number of aliphatic hydroxyl groups is 1. The third kappa shape index (κ3) is 7.03. The minimum absolute atomic E-state index is 0.0532. The number of nitrogen functional groups attached to an aromatic ring is 1. The number of nitrogens with one attached hydrogen (secondary N) is 1. The van der Waals surface area contributed by atoms with Crippen molar-refractivity contribution >= 4 is 29.0 Å². The molecule has 6 rings (SSSR count). The molecule has 13 heteroatoms. The van der Waals surface area contributed by atoms with Crippen LogP contribution in [0.25, 0.3) is 32.8 Å². The summed E-state index contributed by atoms with van der Waals surface area (Å²) in [5.74, 6) is -0.478. The maximum absolute atomic E-state index is 14.1. The van der Waals surface area contributed by atoms with Gasteiger partial charge in [0, 0.05) is 36.2 Å². The molecule has 2 unspecified atom stereocenters. The molecule has 1 aliphatic heterocycles. The van der Waals surface area contributed by atoms with Crippen LogP contribution in [-0.2, 0) is 9.59 Å². The van der Waals surface area contributed by atoms with Gasteiger partial charge >= 0.3 is 0 Å². The second-order valence-corrected chi connectivity index (χ2v) is 13.5. The van der Waals surface area contributed by atoms with Crippen molar-refractivity contribution in [3.63, 3.8) is 0 Å². The Morgan fingerprint density at radius 1 is 1.04 bits per heavy atom. The summed E-state index contributed by atoms with van der Waals surface area (Å²) < 4.78 is 10.9. The number of aromatic nitrogens is 4. The number of ether oxygens (including phenoxy) is 1. The van der Waals surface area contributed by atoms with Gasteiger partial charge in [0.15, 0.2) is 5.82 Å². The van der Waals surface area contributed by atoms with Gasteiger partial charge in [-0.2, -0.15) is 0 Å². The number of β-amino-alcohol motifs (C(OH)–C–C–N with tert-alkyl or cyclic N) is 1. The van der Waals surface area contributed by atoms with Crippen LogP contribution in [0.15, 0.2) is 70.7 Å². The molecule has 0 radical (unpaired) electrons. The molecule has 1 aliphatic rings. The number of aliphatic hydroxyl groups excluding tert-OH is 1. The number of anilines is 1. The number of amides is 2. The molecule has 4 N–H and O–H groups in total. The van der Waals surface area contributed by atoms with Crippen molar-refractivity contribution in [1.82, 2.24) is 30.6 Å². The summed E-state index contributed by atoms with van der Waals surface area (Å²) >= 11 is 1.59. The highest BCUT2D eigenvalue weighted by atomic mass is 32.1. The smallest absolute Gasteiger partial charge is 0.243 e. The molecule has 5 aromatic rings. The zero-order chi connectivity index (χ0) is 34.8. The quantitative estimate of drug-likeness (QED) is 0.173. The Kier molecular flexibility index (Phi) is 9.74. The van der Waals surface area contributed by atoms with Crippen molar-refractivity contribution < 1.29 is 24.0 Å². The Balaban J connectivity index is 1.16. The van der Waals surface area contributed by atoms with E-state index in [0.29, 0.717) is 22.9 Å². The van der Waals surface area contributed by atoms with Gasteiger partial charge in [0.25, 0.3) is 0 Å². The topological polar surface area (TPSA) is 170 Å². The molecule has 1 saturated heterocycles. The summed E-state index contributed by atoms with van der Waals surface area (Å²) in [7, 11) is 1.51. The summed E-state index contributed by atoms with van der Waals surface area (Å²) in [6, 6.07) is 17.9. The molecule has 2 aromatic carbocycles. The fraction of sp³-hybridized carbons (Fsp3) is 0.333. The highest BCUT2D eigenvalue weighted by Gasteiger charge is 2.43. The molecule has 2 amide bonds. The Labute approximate surface area is 288 Å². The van der Waals surface area contributed by atoms with Crippen LogP contribution in [0.3, 0.4) is 0 Å². The summed E-state index contributed by atoms with van der Waals surface area (Å²) in [4.78, 5) is 34.7. The van der Waals surface area contributed by atoms with Crippen LogP contribution in [0.5, 0.6) is 5.88 Å². The van der Waals surface area contributed by atoms with Crippen LogP contribution in [0.4, 0.5) is 5.82 Å². The highest BCUT2D eigenvalue weighted by Crippen LogP contribution is 2.35. The summed E-state index contributed by atoms with van der Waals surface area (Å²) in [6.07, 6.45) is -0.672. The maximum atomic E-state index is 14.1. The SMILES string of the molecule is COc1cc(-c2ccc(-c3cc(C(C(=O)N4C[C@H](O)C[C@H]4C(=O)NC(C)c4ccc(-c5scnc5C)cc4)C(C)C)on3)cc2)c(N)nn1. The van der Waals surface area contributed by atoms with Crippen LogP contribution in [0.1, 0.15) is 56.2 Å². The lowest BCUT2D eigenvalue weighted by molar-refractivity contribution is -0.141. The summed E-state index contributed by atoms with van der Waals surface area (Å²) in [6.45, 7) is 7.77. The van der Waals surface area contributed by atoms with Gasteiger partial charge in [0.2, 0.25) is 17.7 Å². The number of hydrogen-bond acceptors (Lipinski definition) is 11. The lowest BCUT2D eigenvalue weighted by Crippen LogP contribution is -2.48. The second kappa shape index (κ2) is 14.1. The first-order valence-corrected chi connectivity index (χ1v) is 17.0. The third-order valence-corrected chi connectivity index (χ3v) is 9.89. The number of methoxy groups -OCH3 is 1. The first-order chi connectivity index (χ1) is 23.5. The molecule has 0 spiro atoms. The van der Waals surface area contributed by atoms with Crippen molar-refractivity contribution in [2.45, 2.75) is 58.2 Å². The van der Waals surface area contributed by atoms with Crippen LogP contribution in [0, 0.1) is 12.8 Å². The largest absolute Gasteiger partial charge is 0.480 e. The number of nitrogens with zero attached hydrogens (tertiary/aromatic N) is 5. The fourth-order valence-electron chi connectivity index (χ4n) is 6.22. The molecule has 4 heterocycles. The van der Waals surface area contributed by atoms with Gasteiger partial charge in [-0.05, 0) is 36.5 Å². The average molecular weight is 682 g/mol. The molecular formula is C36H39N7O5S. The molecule has 12 nitrogen and oxygen atoms in total. The molecular weight excluding hydrogens is 643 g/mol. The predicted molar refractivity (Wildman–Crippen MR) is 186 cm³/mol. The van der Waals surface area contributed by atoms with Gasteiger partial charge < -0.3 is 30.3 Å². The average Bonchev–Trinajstić information content (AvgIpc) is 3.85. The van der Waals surface area contributed by atoms with Crippen LogP contribution >= 0.6 is 11.3 Å². The number of nitrogens with two attached hydrogens (primary N) is 1. The van der Waals surface area contributed by atoms with E-state index in [0.717, 1.165) is 32.8 Å². The highest BCUT2D eigenvalue weighted by molar-refractivity contribution is 7.13. The Bertz CT molecular complexity index is 1940. The van der Waals surface area contributed by atoms with Crippen molar-refractivity contribution in [2.75, 3.05) is 19.4 Å². The van der Waals surface area contributed by atoms with Crippen LogP contribution in [0.2, 0.25) is 0 Å². The van der Waals surface area contributed by atoms with E-state index in [1.165, 1.54) is 12.0 Å². The molecule has 1 fully saturated rings. The number of carbonyl (C=O) groups is 2. The van der Waals surface area contributed by atoms with Crippen molar-refractivity contribution in [3.05, 3.63) is 83.2 Å². The lowest BCUT2D eigenvalue weighted by Gasteiger charge is -2.29. The Morgan fingerprint density at radius 2 is 1.73 bits per heavy atom. The summed E-state index contributed by atoms with van der Waals surface area (Å²) in [5.41, 5.74) is 13.7. The van der Waals surface area contributed by atoms with E-state index < -0.39 is 18.1 Å². The fourth-order valence-corrected chi connectivity index (χ4v) is 7.03. The monoisotopic (exact) mass is 681 g/mol. The Hall–Kier alpha value is -5.14. The van der Waals surface area contributed by atoms with Gasteiger partial charge in [-0.1, -0.05) is 67.5 Å². The Morgan fingerprint density at radius 3 is 2.39 bits per heavy atom. The number of rotatable bonds is 10. The van der Waals surface area contributed by atoms with Gasteiger partial charge in [0.1, 0.15) is 23.4 Å². The zero-order valence-electron chi connectivity index (χ0n) is 28.0. The number of benzene rings is 2. The van der Waals surface area contributed by atoms with E-state index in [-0.39, 0.29) is 42.6 Å². The molecule has 0 bridgehead atoms. The van der Waals surface area contributed by atoms with Gasteiger partial charge in [-0.25, -0.2) is 4.98 Å². The van der Waals surface area contributed by atoms with Gasteiger partial charge in [-0.15, -0.1) is 21.5 Å². The van der Waals surface area contributed by atoms with Gasteiger partial charge in [0.05, 0.1) is 35.3 Å². The van der Waals surface area contributed by atoms with Crippen molar-refractivity contribution in [1.29, 1.82) is 0 Å². The van der Waals surface area contributed by atoms with Crippen LogP contribution < -0.4 is 15.8 Å². The molecule has 49 heavy (non-hydrogen) atoms. The van der Waals surface area contributed by atoms with Crippen LogP contribution in [-0.4, -0.2) is 68.0 Å². The zero-order valence-corrected chi connectivity index (χ0v) is 28.8. The van der Waals surface area contributed by atoms with E-state index in [4.69, 9.17) is 15.0 Å². The normalized spacial score (nSPS) is 17.2. The number of aryl methyl sites for hydroxylation is 1. The summed E-state index contributed by atoms with van der Waals surface area (Å²) in [5, 5.41) is 25.8. The van der Waals surface area contributed by atoms with E-state index >= 15 is 0 Å². The lowest BCUT2D eigenvalue weighted by atomic mass is 9.91. The number of carbonyl (C=O) groups excluding carboxylic acids is 2. The van der Waals surface area contributed by atoms with Crippen molar-refractivity contribution in [3.8, 4) is 38.7 Å². The van der Waals surface area contributed by atoms with E-state index in [1.807, 2.05) is 81.7 Å². The minimum atomic E-state index is -0.825. The minimum Gasteiger partial charge on any atom is -0.480 e. The molecule has 254 valence electrons. The van der Waals surface area contributed by atoms with E-state index in [2.05, 4.69) is 25.7 Å². The van der Waals surface area contributed by atoms with E-state index in [9.17, 15) is 14.7 Å². The van der Waals surface area contributed by atoms with E-state index in [1.54, 1.807) is 23.5 Å². The van der Waals surface area contributed by atoms with Crippen molar-refractivity contribution in [2.24, 2.45) is 5.92 Å². The maximum Gasteiger partial charge on any atom is 0.243 e. The number of likely N-dealkylation sites (tertiary alicyclic amines) is 1. The standard InChI is InChI=1S/C36H39N7O5S/c1-19(2)32(30-16-28(42-48-30)24-10-8-23(9-11-24)27-15-31(47-5)40-41-34(27)37)36(46)43-17-26(44)14-29(43)35(45)39-20(3)22-6-12-25(13-7-22)33-21(4)38-18-49-33/h6-13,15-16,18-20,26,29,32,44H,14,17H2,1-5H3,(H2,37,41)(H,39,45)/t20?,26-,29+,32?/m1/s1. The molecule has 3 aromatic heterocycles. The molecule has 0 aliphatic carbocycles. The third-order valence-electron chi connectivity index (χ3n) is 8.91. The van der Waals surface area contributed by atoms with Gasteiger partial charge in [-0.3, -0.25) is 9.59 Å². The molecule has 4 atom stereocenters. The second-order valence-electron chi connectivity index (χ2n) is 12.6. The number of thiazole rings is 1. The first-order valence-electron chi connectivity index (χ1n) is 16.1. The molecule has 0 saturated carbocycles. The predicted octanol–water partition coefficient (Wildman–Crippen LogP) is 5.40. The number of hydrogen-bond donors (Lipinski definition) is 3. The first kappa shape index (κ1) is 33.7.